The summed E-state index contributed by atoms with van der Waals surface area (Å²) < 4.78 is 0. The molecular formula is C20H28IN5O2. The number of piperidine rings is 1. The lowest BCUT2D eigenvalue weighted by molar-refractivity contribution is -0.120. The number of carbonyl (C=O) groups excluding carboxylic acids is 2. The molecule has 2 fully saturated rings. The van der Waals surface area contributed by atoms with Crippen LogP contribution in [0.5, 0.6) is 0 Å². The number of para-hydroxylation sites is 1. The summed E-state index contributed by atoms with van der Waals surface area (Å²) >= 11 is 0. The Morgan fingerprint density at radius 1 is 1.36 bits per heavy atom. The first kappa shape index (κ1) is 20.9. The van der Waals surface area contributed by atoms with E-state index >= 15 is 0 Å². The van der Waals surface area contributed by atoms with Crippen molar-refractivity contribution in [3.05, 3.63) is 29.8 Å². The first-order valence-corrected chi connectivity index (χ1v) is 9.72. The number of hydrogen-bond acceptors (Lipinski definition) is 3. The number of benzene rings is 1. The summed E-state index contributed by atoms with van der Waals surface area (Å²) in [4.78, 5) is 30.7. The minimum atomic E-state index is -0.115. The maximum absolute atomic E-state index is 12.3. The normalized spacial score (nSPS) is 26.5. The van der Waals surface area contributed by atoms with Crippen LogP contribution in [0, 0.1) is 5.41 Å². The molecule has 3 heterocycles. The Kier molecular flexibility index (Phi) is 6.47. The first-order chi connectivity index (χ1) is 13.1. The fourth-order valence-electron chi connectivity index (χ4n) is 4.65. The third kappa shape index (κ3) is 4.11. The van der Waals surface area contributed by atoms with Gasteiger partial charge in [0.05, 0.1) is 5.92 Å². The number of rotatable bonds is 3. The van der Waals surface area contributed by atoms with Gasteiger partial charge in [0.25, 0.3) is 0 Å². The zero-order chi connectivity index (χ0) is 18.9. The van der Waals surface area contributed by atoms with Crippen molar-refractivity contribution in [2.75, 3.05) is 38.5 Å². The van der Waals surface area contributed by atoms with E-state index in [0.717, 1.165) is 56.1 Å². The molecule has 2 saturated heterocycles. The summed E-state index contributed by atoms with van der Waals surface area (Å²) in [5, 5.41) is 9.36. The molecule has 2 amide bonds. The summed E-state index contributed by atoms with van der Waals surface area (Å²) in [7, 11) is 1.79. The highest BCUT2D eigenvalue weighted by Crippen LogP contribution is 2.36. The van der Waals surface area contributed by atoms with Crippen LogP contribution in [0.3, 0.4) is 0 Å². The number of aliphatic imine (C=N–C) groups is 1. The third-order valence-electron chi connectivity index (χ3n) is 6.00. The SMILES string of the molecule is CN=C(NCCC1C(=O)Nc2ccccc21)N1CCCC2(CNC(=O)C2)C1.I. The molecule has 3 N–H and O–H groups in total. The molecule has 1 spiro atoms. The minimum absolute atomic E-state index is 0. The lowest BCUT2D eigenvalue weighted by atomic mass is 9.79. The number of guanidine groups is 1. The van der Waals surface area contributed by atoms with Crippen molar-refractivity contribution in [3.8, 4) is 0 Å². The van der Waals surface area contributed by atoms with E-state index in [0.29, 0.717) is 13.0 Å². The second-order valence-electron chi connectivity index (χ2n) is 7.87. The summed E-state index contributed by atoms with van der Waals surface area (Å²) in [6.45, 7) is 3.23. The molecule has 8 heteroatoms. The van der Waals surface area contributed by atoms with Gasteiger partial charge < -0.3 is 20.9 Å². The van der Waals surface area contributed by atoms with Gasteiger partial charge in [-0.3, -0.25) is 14.6 Å². The predicted molar refractivity (Wildman–Crippen MR) is 120 cm³/mol. The van der Waals surface area contributed by atoms with Gasteiger partial charge in [0, 0.05) is 50.7 Å². The smallest absolute Gasteiger partial charge is 0.232 e. The highest BCUT2D eigenvalue weighted by Gasteiger charge is 2.42. The van der Waals surface area contributed by atoms with E-state index in [1.807, 2.05) is 24.3 Å². The maximum atomic E-state index is 12.3. The van der Waals surface area contributed by atoms with Gasteiger partial charge in [-0.25, -0.2) is 0 Å². The Labute approximate surface area is 182 Å². The van der Waals surface area contributed by atoms with Crippen molar-refractivity contribution >= 4 is 47.4 Å². The Morgan fingerprint density at radius 3 is 2.93 bits per heavy atom. The second kappa shape index (κ2) is 8.67. The molecule has 1 aromatic carbocycles. The number of nitrogens with one attached hydrogen (secondary N) is 3. The number of halogens is 1. The number of anilines is 1. The number of amides is 2. The van der Waals surface area contributed by atoms with Crippen molar-refractivity contribution in [2.45, 2.75) is 31.6 Å². The molecule has 2 atom stereocenters. The van der Waals surface area contributed by atoms with Gasteiger partial charge in [0.1, 0.15) is 0 Å². The molecular weight excluding hydrogens is 469 g/mol. The van der Waals surface area contributed by atoms with Gasteiger partial charge in [-0.1, -0.05) is 18.2 Å². The predicted octanol–water partition coefficient (Wildman–Crippen LogP) is 1.91. The first-order valence-electron chi connectivity index (χ1n) is 9.72. The standard InChI is InChI=1S/C20H27N5O2.HI/c1-21-19(25-10-4-8-20(13-25)11-17(26)23-12-20)22-9-7-15-14-5-2-3-6-16(14)24-18(15)27;/h2-3,5-6,15H,4,7-13H2,1H3,(H,21,22)(H,23,26)(H,24,27);1H. The maximum Gasteiger partial charge on any atom is 0.232 e. The van der Waals surface area contributed by atoms with Crippen LogP contribution in [0.4, 0.5) is 5.69 Å². The third-order valence-corrected chi connectivity index (χ3v) is 6.00. The summed E-state index contributed by atoms with van der Waals surface area (Å²) in [6.07, 6.45) is 3.48. The average Bonchev–Trinajstić information content (AvgIpc) is 3.18. The van der Waals surface area contributed by atoms with E-state index in [4.69, 9.17) is 0 Å². The van der Waals surface area contributed by atoms with Gasteiger partial charge in [-0.15, -0.1) is 24.0 Å². The molecule has 3 aliphatic rings. The van der Waals surface area contributed by atoms with Gasteiger partial charge in [0.15, 0.2) is 5.96 Å². The number of carbonyl (C=O) groups is 2. The van der Waals surface area contributed by atoms with Crippen LogP contribution >= 0.6 is 24.0 Å². The monoisotopic (exact) mass is 497 g/mol. The van der Waals surface area contributed by atoms with E-state index in [2.05, 4.69) is 25.8 Å². The molecule has 0 bridgehead atoms. The van der Waals surface area contributed by atoms with Crippen LogP contribution in [0.1, 0.15) is 37.2 Å². The fraction of sp³-hybridized carbons (Fsp3) is 0.550. The highest BCUT2D eigenvalue weighted by atomic mass is 127. The molecule has 0 radical (unpaired) electrons. The molecule has 0 aliphatic carbocycles. The van der Waals surface area contributed by atoms with E-state index < -0.39 is 0 Å². The Morgan fingerprint density at radius 2 is 2.18 bits per heavy atom. The Bertz CT molecular complexity index is 784. The zero-order valence-electron chi connectivity index (χ0n) is 16.2. The lowest BCUT2D eigenvalue weighted by Gasteiger charge is -2.40. The van der Waals surface area contributed by atoms with Crippen molar-refractivity contribution in [3.63, 3.8) is 0 Å². The Balaban J connectivity index is 0.00000225. The molecule has 28 heavy (non-hydrogen) atoms. The second-order valence-corrected chi connectivity index (χ2v) is 7.87. The van der Waals surface area contributed by atoms with Crippen LogP contribution in [0.25, 0.3) is 0 Å². The van der Waals surface area contributed by atoms with Crippen LogP contribution in [0.2, 0.25) is 0 Å². The Hall–Kier alpha value is -1.84. The average molecular weight is 497 g/mol. The highest BCUT2D eigenvalue weighted by molar-refractivity contribution is 14.0. The van der Waals surface area contributed by atoms with Crippen molar-refractivity contribution < 1.29 is 9.59 Å². The summed E-state index contributed by atoms with van der Waals surface area (Å²) in [5.74, 6) is 0.974. The quantitative estimate of drug-likeness (QED) is 0.339. The number of hydrogen-bond donors (Lipinski definition) is 3. The van der Waals surface area contributed by atoms with Gasteiger partial charge >= 0.3 is 0 Å². The van der Waals surface area contributed by atoms with Crippen molar-refractivity contribution in [1.82, 2.24) is 15.5 Å². The molecule has 7 nitrogen and oxygen atoms in total. The lowest BCUT2D eigenvalue weighted by Crippen LogP contribution is -2.51. The minimum Gasteiger partial charge on any atom is -0.356 e. The summed E-state index contributed by atoms with van der Waals surface area (Å²) in [6, 6.07) is 7.88. The topological polar surface area (TPSA) is 85.8 Å². The molecule has 0 saturated carbocycles. The molecule has 152 valence electrons. The van der Waals surface area contributed by atoms with Crippen LogP contribution in [-0.4, -0.2) is 55.9 Å². The number of fused-ring (bicyclic) bond motifs is 1. The number of nitrogens with zero attached hydrogens (tertiary/aromatic N) is 2. The van der Waals surface area contributed by atoms with E-state index in [-0.39, 0.29) is 47.1 Å². The summed E-state index contributed by atoms with van der Waals surface area (Å²) in [5.41, 5.74) is 2.04. The largest absolute Gasteiger partial charge is 0.356 e. The molecule has 2 unspecified atom stereocenters. The number of likely N-dealkylation sites (tertiary alicyclic amines) is 1. The molecule has 0 aromatic heterocycles. The van der Waals surface area contributed by atoms with Gasteiger partial charge in [-0.2, -0.15) is 0 Å². The van der Waals surface area contributed by atoms with Crippen molar-refractivity contribution in [2.24, 2.45) is 10.4 Å². The fourth-order valence-corrected chi connectivity index (χ4v) is 4.65. The van der Waals surface area contributed by atoms with Crippen LogP contribution in [0.15, 0.2) is 29.3 Å². The van der Waals surface area contributed by atoms with E-state index in [9.17, 15) is 9.59 Å². The van der Waals surface area contributed by atoms with Gasteiger partial charge in [0.2, 0.25) is 11.8 Å². The van der Waals surface area contributed by atoms with Gasteiger partial charge in [-0.05, 0) is 30.9 Å². The molecule has 4 rings (SSSR count). The van der Waals surface area contributed by atoms with Crippen molar-refractivity contribution in [1.29, 1.82) is 0 Å². The zero-order valence-corrected chi connectivity index (χ0v) is 18.5. The molecule has 1 aromatic rings. The van der Waals surface area contributed by atoms with Crippen LogP contribution < -0.4 is 16.0 Å². The molecule has 3 aliphatic heterocycles. The van der Waals surface area contributed by atoms with E-state index in [1.165, 1.54) is 0 Å². The van der Waals surface area contributed by atoms with Crippen LogP contribution in [-0.2, 0) is 9.59 Å². The van der Waals surface area contributed by atoms with E-state index in [1.54, 1.807) is 7.05 Å².